The van der Waals surface area contributed by atoms with E-state index in [0.29, 0.717) is 24.6 Å². The van der Waals surface area contributed by atoms with E-state index in [-0.39, 0.29) is 5.91 Å². The molecule has 0 saturated carbocycles. The van der Waals surface area contributed by atoms with Gasteiger partial charge >= 0.3 is 0 Å². The highest BCUT2D eigenvalue weighted by Crippen LogP contribution is 2.10. The van der Waals surface area contributed by atoms with Crippen molar-refractivity contribution in [3.8, 4) is 0 Å². The molecule has 102 valence electrons. The zero-order valence-electron chi connectivity index (χ0n) is 11.0. The minimum Gasteiger partial charge on any atom is -0.330 e. The van der Waals surface area contributed by atoms with Crippen molar-refractivity contribution in [2.45, 2.75) is 19.9 Å². The zero-order valence-corrected chi connectivity index (χ0v) is 11.0. The molecule has 0 aliphatic rings. The lowest BCUT2D eigenvalue weighted by Gasteiger charge is -2.05. The van der Waals surface area contributed by atoms with Gasteiger partial charge in [-0.25, -0.2) is 4.68 Å². The van der Waals surface area contributed by atoms with E-state index in [1.165, 1.54) is 11.0 Å². The van der Waals surface area contributed by atoms with Crippen LogP contribution in [0.25, 0.3) is 0 Å². The molecule has 0 bridgehead atoms. The number of hydrogen-bond acceptors (Lipinski definition) is 5. The monoisotopic (exact) mass is 263 g/mol. The fourth-order valence-electron chi connectivity index (χ4n) is 1.71. The Kier molecular flexibility index (Phi) is 3.91. The van der Waals surface area contributed by atoms with Crippen molar-refractivity contribution in [2.24, 2.45) is 12.8 Å². The Hall–Kier alpha value is -2.22. The van der Waals surface area contributed by atoms with Crippen LogP contribution in [-0.4, -0.2) is 37.0 Å². The molecule has 2 aromatic heterocycles. The molecule has 0 spiro atoms. The fourth-order valence-corrected chi connectivity index (χ4v) is 1.71. The highest BCUT2D eigenvalue weighted by atomic mass is 16.1. The Morgan fingerprint density at radius 3 is 2.89 bits per heavy atom. The predicted molar refractivity (Wildman–Crippen MR) is 69.6 cm³/mol. The molecule has 0 saturated heterocycles. The van der Waals surface area contributed by atoms with Crippen molar-refractivity contribution in [2.75, 3.05) is 11.9 Å². The Bertz CT molecular complexity index is 571. The Labute approximate surface area is 110 Å². The Morgan fingerprint density at radius 1 is 1.47 bits per heavy atom. The molecule has 0 aromatic carbocycles. The summed E-state index contributed by atoms with van der Waals surface area (Å²) in [6.07, 6.45) is 3.76. The van der Waals surface area contributed by atoms with E-state index in [0.717, 1.165) is 12.1 Å². The molecule has 1 amide bonds. The molecular formula is C11H17N7O. The summed E-state index contributed by atoms with van der Waals surface area (Å²) in [5.74, 6) is 0.159. The van der Waals surface area contributed by atoms with E-state index < -0.39 is 0 Å². The van der Waals surface area contributed by atoms with Gasteiger partial charge in [0.05, 0.1) is 11.8 Å². The van der Waals surface area contributed by atoms with Gasteiger partial charge in [0.1, 0.15) is 6.33 Å². The van der Waals surface area contributed by atoms with Crippen LogP contribution in [0.4, 0.5) is 5.95 Å². The number of carbonyl (C=O) groups excluding carboxylic acids is 1. The van der Waals surface area contributed by atoms with Crippen molar-refractivity contribution in [1.29, 1.82) is 0 Å². The van der Waals surface area contributed by atoms with Gasteiger partial charge in [0.15, 0.2) is 0 Å². The van der Waals surface area contributed by atoms with Gasteiger partial charge in [0.25, 0.3) is 5.91 Å². The zero-order chi connectivity index (χ0) is 13.8. The second kappa shape index (κ2) is 5.61. The summed E-state index contributed by atoms with van der Waals surface area (Å²) >= 11 is 0. The lowest BCUT2D eigenvalue weighted by molar-refractivity contribution is 0.102. The number of nitrogens with two attached hydrogens (primary N) is 1. The van der Waals surface area contributed by atoms with Crippen LogP contribution in [-0.2, 0) is 13.6 Å². The number of carbonyl (C=O) groups is 1. The van der Waals surface area contributed by atoms with Crippen molar-refractivity contribution in [3.05, 3.63) is 23.8 Å². The van der Waals surface area contributed by atoms with Crippen molar-refractivity contribution >= 4 is 11.9 Å². The van der Waals surface area contributed by atoms with Crippen molar-refractivity contribution in [3.63, 3.8) is 0 Å². The van der Waals surface area contributed by atoms with Crippen LogP contribution in [0.1, 0.15) is 22.5 Å². The largest absolute Gasteiger partial charge is 0.330 e. The summed E-state index contributed by atoms with van der Waals surface area (Å²) in [7, 11) is 1.71. The number of rotatable bonds is 5. The molecule has 0 fully saturated rings. The summed E-state index contributed by atoms with van der Waals surface area (Å²) in [5.41, 5.74) is 6.80. The molecule has 19 heavy (non-hydrogen) atoms. The second-order valence-corrected chi connectivity index (χ2v) is 4.17. The van der Waals surface area contributed by atoms with Gasteiger partial charge in [0, 0.05) is 19.3 Å². The molecule has 0 aliphatic heterocycles. The van der Waals surface area contributed by atoms with E-state index in [4.69, 9.17) is 5.73 Å². The van der Waals surface area contributed by atoms with Gasteiger partial charge in [-0.3, -0.25) is 14.8 Å². The number of nitrogens with one attached hydrogen (secondary N) is 1. The Morgan fingerprint density at radius 2 is 2.26 bits per heavy atom. The first kappa shape index (κ1) is 13.2. The predicted octanol–water partition coefficient (Wildman–Crippen LogP) is -0.0789. The van der Waals surface area contributed by atoms with E-state index in [2.05, 4.69) is 20.5 Å². The molecule has 8 heteroatoms. The molecule has 8 nitrogen and oxygen atoms in total. The smallest absolute Gasteiger partial charge is 0.261 e. The molecule has 3 N–H and O–H groups in total. The van der Waals surface area contributed by atoms with Gasteiger partial charge in [0.2, 0.25) is 5.95 Å². The maximum Gasteiger partial charge on any atom is 0.261 e. The maximum absolute atomic E-state index is 12.1. The molecule has 0 unspecified atom stereocenters. The van der Waals surface area contributed by atoms with E-state index >= 15 is 0 Å². The van der Waals surface area contributed by atoms with Crippen LogP contribution in [0.2, 0.25) is 0 Å². The first-order valence-corrected chi connectivity index (χ1v) is 6.01. The van der Waals surface area contributed by atoms with Crippen LogP contribution in [0, 0.1) is 6.92 Å². The number of amides is 1. The van der Waals surface area contributed by atoms with Gasteiger partial charge in [-0.2, -0.15) is 15.2 Å². The quantitative estimate of drug-likeness (QED) is 0.785. The highest BCUT2D eigenvalue weighted by molar-refractivity contribution is 6.03. The van der Waals surface area contributed by atoms with Gasteiger partial charge < -0.3 is 5.73 Å². The third-order valence-corrected chi connectivity index (χ3v) is 2.86. The molecule has 2 rings (SSSR count). The maximum atomic E-state index is 12.1. The summed E-state index contributed by atoms with van der Waals surface area (Å²) < 4.78 is 3.27. The topological polar surface area (TPSA) is 104 Å². The lowest BCUT2D eigenvalue weighted by Crippen LogP contribution is -2.16. The van der Waals surface area contributed by atoms with Gasteiger partial charge in [-0.15, -0.1) is 0 Å². The normalized spacial score (nSPS) is 10.7. The van der Waals surface area contributed by atoms with Crippen LogP contribution in [0.15, 0.2) is 12.5 Å². The summed E-state index contributed by atoms with van der Waals surface area (Å²) in [6.45, 7) is 3.16. The van der Waals surface area contributed by atoms with Crippen molar-refractivity contribution < 1.29 is 4.79 Å². The molecule has 2 aromatic rings. The molecular weight excluding hydrogens is 246 g/mol. The number of aryl methyl sites for hydroxylation is 2. The van der Waals surface area contributed by atoms with Gasteiger partial charge in [-0.05, 0) is 19.9 Å². The Balaban J connectivity index is 2.11. The van der Waals surface area contributed by atoms with Crippen LogP contribution < -0.4 is 11.1 Å². The number of hydrogen-bond donors (Lipinski definition) is 2. The van der Waals surface area contributed by atoms with Crippen molar-refractivity contribution in [1.82, 2.24) is 24.5 Å². The van der Waals surface area contributed by atoms with E-state index in [1.54, 1.807) is 17.9 Å². The first-order valence-electron chi connectivity index (χ1n) is 6.01. The minimum atomic E-state index is -0.243. The number of anilines is 1. The third-order valence-electron chi connectivity index (χ3n) is 2.86. The molecule has 0 radical (unpaired) electrons. The highest BCUT2D eigenvalue weighted by Gasteiger charge is 2.15. The average molecular weight is 263 g/mol. The molecule has 0 aliphatic carbocycles. The number of nitrogens with zero attached hydrogens (tertiary/aromatic N) is 5. The summed E-state index contributed by atoms with van der Waals surface area (Å²) in [4.78, 5) is 16.0. The van der Waals surface area contributed by atoms with Crippen LogP contribution in [0.3, 0.4) is 0 Å². The SMILES string of the molecule is Cc1c(C(=O)Nc2ncnn2C)cnn1CCCN. The fraction of sp³-hybridized carbons (Fsp3) is 0.455. The van der Waals surface area contributed by atoms with Crippen LogP contribution >= 0.6 is 0 Å². The van der Waals surface area contributed by atoms with Gasteiger partial charge in [-0.1, -0.05) is 0 Å². The molecule has 2 heterocycles. The summed E-state index contributed by atoms with van der Waals surface area (Å²) in [6, 6.07) is 0. The van der Waals surface area contributed by atoms with E-state index in [9.17, 15) is 4.79 Å². The third kappa shape index (κ3) is 2.79. The average Bonchev–Trinajstić information content (AvgIpc) is 2.94. The van der Waals surface area contributed by atoms with Crippen LogP contribution in [0.5, 0.6) is 0 Å². The minimum absolute atomic E-state index is 0.243. The number of aromatic nitrogens is 5. The second-order valence-electron chi connectivity index (χ2n) is 4.17. The molecule has 0 atom stereocenters. The standard InChI is InChI=1S/C11H17N7O/c1-8-9(6-14-18(8)5-3-4-12)10(19)16-11-13-7-15-17(11)2/h6-7H,3-5,12H2,1-2H3,(H,13,15,16,19). The summed E-state index contributed by atoms with van der Waals surface area (Å²) in [5, 5.41) is 10.8. The lowest BCUT2D eigenvalue weighted by atomic mass is 10.2. The first-order chi connectivity index (χ1) is 9.13. The van der Waals surface area contributed by atoms with E-state index in [1.807, 2.05) is 6.92 Å².